The molecular formula is C16H18N2O3. The standard InChI is InChI=1S/C16H18N2O3/c19-10-2-1-5-12-6-3-7-13(11-12)15(20)18-14-8-4-9-17-16(14)21/h3,6-7,11,14,19H,2,4,8-10H2,(H,17,21)(H,18,20). The van der Waals surface area contributed by atoms with Gasteiger partial charge in [0.15, 0.2) is 0 Å². The number of carbonyl (C=O) groups excluding carboxylic acids is 2. The second-order valence-corrected chi connectivity index (χ2v) is 4.82. The molecule has 1 aliphatic rings. The average molecular weight is 286 g/mol. The molecule has 1 unspecified atom stereocenters. The highest BCUT2D eigenvalue weighted by Gasteiger charge is 2.23. The van der Waals surface area contributed by atoms with Crippen molar-refractivity contribution in [2.75, 3.05) is 13.2 Å². The maximum Gasteiger partial charge on any atom is 0.251 e. The lowest BCUT2D eigenvalue weighted by atomic mass is 10.1. The van der Waals surface area contributed by atoms with Crippen LogP contribution in [0.1, 0.15) is 35.2 Å². The van der Waals surface area contributed by atoms with Crippen molar-refractivity contribution in [2.24, 2.45) is 0 Å². The molecule has 2 amide bonds. The van der Waals surface area contributed by atoms with Gasteiger partial charge in [0.05, 0.1) is 6.61 Å². The first-order valence-electron chi connectivity index (χ1n) is 6.99. The van der Waals surface area contributed by atoms with Crippen LogP contribution in [0.2, 0.25) is 0 Å². The van der Waals surface area contributed by atoms with E-state index in [-0.39, 0.29) is 18.4 Å². The molecule has 0 aliphatic carbocycles. The van der Waals surface area contributed by atoms with Gasteiger partial charge in [0.2, 0.25) is 5.91 Å². The lowest BCUT2D eigenvalue weighted by molar-refractivity contribution is -0.124. The summed E-state index contributed by atoms with van der Waals surface area (Å²) in [5.41, 5.74) is 1.19. The molecule has 0 bridgehead atoms. The van der Waals surface area contributed by atoms with Gasteiger partial charge in [0.25, 0.3) is 5.91 Å². The topological polar surface area (TPSA) is 78.4 Å². The van der Waals surface area contributed by atoms with Crippen molar-refractivity contribution >= 4 is 11.8 Å². The van der Waals surface area contributed by atoms with Crippen molar-refractivity contribution in [3.05, 3.63) is 35.4 Å². The van der Waals surface area contributed by atoms with Crippen LogP contribution < -0.4 is 10.6 Å². The quantitative estimate of drug-likeness (QED) is 0.705. The Balaban J connectivity index is 2.04. The SMILES string of the molecule is O=C(NC1CCCNC1=O)c1cccc(C#CCCO)c1. The molecule has 3 N–H and O–H groups in total. The van der Waals surface area contributed by atoms with Crippen LogP contribution in [-0.4, -0.2) is 36.1 Å². The van der Waals surface area contributed by atoms with Crippen molar-refractivity contribution in [3.63, 3.8) is 0 Å². The number of piperidine rings is 1. The molecule has 1 aromatic carbocycles. The smallest absolute Gasteiger partial charge is 0.251 e. The van der Waals surface area contributed by atoms with Gasteiger partial charge in [-0.2, -0.15) is 0 Å². The highest BCUT2D eigenvalue weighted by molar-refractivity contribution is 5.97. The van der Waals surface area contributed by atoms with E-state index in [1.54, 1.807) is 24.3 Å². The molecule has 1 saturated heterocycles. The fraction of sp³-hybridized carbons (Fsp3) is 0.375. The van der Waals surface area contributed by atoms with Gasteiger partial charge in [0, 0.05) is 24.1 Å². The third-order valence-electron chi connectivity index (χ3n) is 3.18. The lowest BCUT2D eigenvalue weighted by Gasteiger charge is -2.22. The third kappa shape index (κ3) is 4.33. The van der Waals surface area contributed by atoms with Gasteiger partial charge in [-0.25, -0.2) is 0 Å². The van der Waals surface area contributed by atoms with Crippen LogP contribution in [-0.2, 0) is 4.79 Å². The summed E-state index contributed by atoms with van der Waals surface area (Å²) in [5.74, 6) is 5.29. The number of rotatable bonds is 3. The minimum absolute atomic E-state index is 0.0178. The van der Waals surface area contributed by atoms with Crippen molar-refractivity contribution in [2.45, 2.75) is 25.3 Å². The molecule has 110 valence electrons. The zero-order chi connectivity index (χ0) is 15.1. The molecule has 5 heteroatoms. The number of carbonyl (C=O) groups is 2. The van der Waals surface area contributed by atoms with Crippen molar-refractivity contribution in [3.8, 4) is 11.8 Å². The van der Waals surface area contributed by atoms with Crippen molar-refractivity contribution < 1.29 is 14.7 Å². The minimum atomic E-state index is -0.463. The molecule has 2 rings (SSSR count). The van der Waals surface area contributed by atoms with Crippen LogP contribution in [0.4, 0.5) is 0 Å². The van der Waals surface area contributed by atoms with E-state index < -0.39 is 6.04 Å². The first-order valence-corrected chi connectivity index (χ1v) is 6.99. The van der Waals surface area contributed by atoms with E-state index in [9.17, 15) is 9.59 Å². The summed E-state index contributed by atoms with van der Waals surface area (Å²) in [4.78, 5) is 23.8. The molecular weight excluding hydrogens is 268 g/mol. The molecule has 0 radical (unpaired) electrons. The average Bonchev–Trinajstić information content (AvgIpc) is 2.50. The van der Waals surface area contributed by atoms with Gasteiger partial charge in [0.1, 0.15) is 6.04 Å². The molecule has 1 fully saturated rings. The Labute approximate surface area is 123 Å². The fourth-order valence-electron chi connectivity index (χ4n) is 2.11. The molecule has 0 spiro atoms. The molecule has 1 aromatic rings. The summed E-state index contributed by atoms with van der Waals surface area (Å²) in [6.07, 6.45) is 1.93. The van der Waals surface area contributed by atoms with Gasteiger partial charge < -0.3 is 15.7 Å². The maximum absolute atomic E-state index is 12.2. The van der Waals surface area contributed by atoms with Crippen molar-refractivity contribution in [1.82, 2.24) is 10.6 Å². The second kappa shape index (κ2) is 7.46. The van der Waals surface area contributed by atoms with Crippen LogP contribution >= 0.6 is 0 Å². The van der Waals surface area contributed by atoms with E-state index in [0.29, 0.717) is 30.5 Å². The Morgan fingerprint density at radius 2 is 2.33 bits per heavy atom. The number of aliphatic hydroxyl groups excluding tert-OH is 1. The lowest BCUT2D eigenvalue weighted by Crippen LogP contribution is -2.50. The van der Waals surface area contributed by atoms with Gasteiger partial charge in [-0.15, -0.1) is 0 Å². The van der Waals surface area contributed by atoms with Crippen molar-refractivity contribution in [1.29, 1.82) is 0 Å². The Morgan fingerprint density at radius 3 is 3.10 bits per heavy atom. The number of hydrogen-bond acceptors (Lipinski definition) is 3. The summed E-state index contributed by atoms with van der Waals surface area (Å²) < 4.78 is 0. The number of nitrogens with one attached hydrogen (secondary N) is 2. The zero-order valence-electron chi connectivity index (χ0n) is 11.7. The molecule has 0 aromatic heterocycles. The summed E-state index contributed by atoms with van der Waals surface area (Å²) in [6, 6.07) is 6.46. The third-order valence-corrected chi connectivity index (χ3v) is 3.18. The number of amides is 2. The van der Waals surface area contributed by atoms with E-state index in [1.165, 1.54) is 0 Å². The summed E-state index contributed by atoms with van der Waals surface area (Å²) in [5, 5.41) is 14.2. The van der Waals surface area contributed by atoms with E-state index in [1.807, 2.05) is 0 Å². The Bertz CT molecular complexity index is 587. The van der Waals surface area contributed by atoms with E-state index >= 15 is 0 Å². The molecule has 1 atom stereocenters. The second-order valence-electron chi connectivity index (χ2n) is 4.82. The largest absolute Gasteiger partial charge is 0.395 e. The van der Waals surface area contributed by atoms with E-state index in [0.717, 1.165) is 6.42 Å². The minimum Gasteiger partial charge on any atom is -0.395 e. The Morgan fingerprint density at radius 1 is 1.48 bits per heavy atom. The first-order chi connectivity index (χ1) is 10.2. The van der Waals surface area contributed by atoms with Crippen LogP contribution in [0, 0.1) is 11.8 Å². The monoisotopic (exact) mass is 286 g/mol. The van der Waals surface area contributed by atoms with Gasteiger partial charge in [-0.3, -0.25) is 9.59 Å². The summed E-state index contributed by atoms with van der Waals surface area (Å²) >= 11 is 0. The molecule has 1 heterocycles. The Kier molecular flexibility index (Phi) is 5.35. The fourth-order valence-corrected chi connectivity index (χ4v) is 2.11. The highest BCUT2D eigenvalue weighted by atomic mass is 16.2. The van der Waals surface area contributed by atoms with E-state index in [2.05, 4.69) is 22.5 Å². The highest BCUT2D eigenvalue weighted by Crippen LogP contribution is 2.07. The van der Waals surface area contributed by atoms with Gasteiger partial charge in [-0.05, 0) is 31.0 Å². The molecule has 1 aliphatic heterocycles. The van der Waals surface area contributed by atoms with Crippen LogP contribution in [0.15, 0.2) is 24.3 Å². The predicted octanol–water partition coefficient (Wildman–Crippen LogP) is 0.429. The van der Waals surface area contributed by atoms with Crippen LogP contribution in [0.3, 0.4) is 0 Å². The summed E-state index contributed by atoms with van der Waals surface area (Å²) in [7, 11) is 0. The first kappa shape index (κ1) is 15.1. The van der Waals surface area contributed by atoms with E-state index in [4.69, 9.17) is 5.11 Å². The number of hydrogen-bond donors (Lipinski definition) is 3. The van der Waals surface area contributed by atoms with Gasteiger partial charge in [-0.1, -0.05) is 17.9 Å². The normalized spacial score (nSPS) is 17.4. The Hall–Kier alpha value is -2.32. The zero-order valence-corrected chi connectivity index (χ0v) is 11.7. The maximum atomic E-state index is 12.2. The van der Waals surface area contributed by atoms with Crippen LogP contribution in [0.5, 0.6) is 0 Å². The predicted molar refractivity (Wildman–Crippen MR) is 78.5 cm³/mol. The van der Waals surface area contributed by atoms with Gasteiger partial charge >= 0.3 is 0 Å². The molecule has 21 heavy (non-hydrogen) atoms. The van der Waals surface area contributed by atoms with Crippen LogP contribution in [0.25, 0.3) is 0 Å². The molecule has 0 saturated carbocycles. The molecule has 5 nitrogen and oxygen atoms in total. The number of aliphatic hydroxyl groups is 1. The summed E-state index contributed by atoms with van der Waals surface area (Å²) in [6.45, 7) is 0.686. The number of benzene rings is 1.